The van der Waals surface area contributed by atoms with Crippen LogP contribution in [0.1, 0.15) is 24.1 Å². The first-order valence-electron chi connectivity index (χ1n) is 8.09. The molecule has 0 bridgehead atoms. The Morgan fingerprint density at radius 3 is 2.50 bits per heavy atom. The van der Waals surface area contributed by atoms with Crippen molar-refractivity contribution in [3.05, 3.63) is 64.6 Å². The van der Waals surface area contributed by atoms with E-state index in [9.17, 15) is 4.79 Å². The molecule has 3 rings (SSSR count). The molecular weight excluding hydrogens is 366 g/mol. The van der Waals surface area contributed by atoms with Crippen LogP contribution in [-0.4, -0.2) is 29.3 Å². The van der Waals surface area contributed by atoms with E-state index in [1.165, 1.54) is 11.8 Å². The number of hydrogen-bond acceptors (Lipinski definition) is 5. The highest BCUT2D eigenvalue weighted by Gasteiger charge is 2.36. The van der Waals surface area contributed by atoms with Gasteiger partial charge in [-0.1, -0.05) is 54.3 Å². The second-order valence-corrected chi connectivity index (χ2v) is 7.42. The maximum absolute atomic E-state index is 13.0. The number of nitrogens with zero attached hydrogens (tertiary/aromatic N) is 1. The molecule has 2 aromatic carbocycles. The number of benzene rings is 2. The zero-order valence-corrected chi connectivity index (χ0v) is 16.4. The lowest BCUT2D eigenvalue weighted by atomic mass is 10.1. The Kier molecular flexibility index (Phi) is 5.64. The highest BCUT2D eigenvalue weighted by Crippen LogP contribution is 2.39. The quantitative estimate of drug-likeness (QED) is 0.553. The standard InChI is InChI=1S/C20H19NO3S2/c1-13(14-7-5-4-6-8-14)21-19(22)18(26-20(21)25)12-15-11-16(23-2)9-10-17(15)24-3/h4-13H,1-3H3/b18-12-/t13-/m1/s1. The van der Waals surface area contributed by atoms with E-state index in [1.54, 1.807) is 25.2 Å². The van der Waals surface area contributed by atoms with Gasteiger partial charge >= 0.3 is 0 Å². The minimum atomic E-state index is -0.123. The van der Waals surface area contributed by atoms with E-state index in [0.717, 1.165) is 11.1 Å². The van der Waals surface area contributed by atoms with Crippen molar-refractivity contribution < 1.29 is 14.3 Å². The minimum absolute atomic E-state index is 0.0961. The first-order chi connectivity index (χ1) is 12.5. The van der Waals surface area contributed by atoms with Crippen LogP contribution in [-0.2, 0) is 4.79 Å². The summed E-state index contributed by atoms with van der Waals surface area (Å²) in [6.45, 7) is 1.98. The molecule has 0 saturated carbocycles. The number of rotatable bonds is 5. The monoisotopic (exact) mass is 385 g/mol. The van der Waals surface area contributed by atoms with Crippen molar-refractivity contribution in [3.8, 4) is 11.5 Å². The summed E-state index contributed by atoms with van der Waals surface area (Å²) in [6.07, 6.45) is 1.80. The van der Waals surface area contributed by atoms with Gasteiger partial charge in [-0.3, -0.25) is 9.69 Å². The molecule has 2 aromatic rings. The third kappa shape index (κ3) is 3.61. The summed E-state index contributed by atoms with van der Waals surface area (Å²) in [5.74, 6) is 1.28. The molecule has 1 saturated heterocycles. The van der Waals surface area contributed by atoms with Crippen LogP contribution in [0.5, 0.6) is 11.5 Å². The smallest absolute Gasteiger partial charge is 0.266 e. The lowest BCUT2D eigenvalue weighted by Gasteiger charge is -2.23. The van der Waals surface area contributed by atoms with Crippen molar-refractivity contribution in [3.63, 3.8) is 0 Å². The Morgan fingerprint density at radius 2 is 1.85 bits per heavy atom. The van der Waals surface area contributed by atoms with Crippen LogP contribution in [0.4, 0.5) is 0 Å². The summed E-state index contributed by atoms with van der Waals surface area (Å²) >= 11 is 6.77. The average molecular weight is 386 g/mol. The predicted molar refractivity (Wildman–Crippen MR) is 109 cm³/mol. The third-order valence-corrected chi connectivity index (χ3v) is 5.55. The second-order valence-electron chi connectivity index (χ2n) is 5.75. The number of methoxy groups -OCH3 is 2. The van der Waals surface area contributed by atoms with Crippen molar-refractivity contribution in [2.24, 2.45) is 0 Å². The van der Waals surface area contributed by atoms with E-state index in [2.05, 4.69) is 0 Å². The van der Waals surface area contributed by atoms with Gasteiger partial charge in [-0.25, -0.2) is 0 Å². The van der Waals surface area contributed by atoms with Gasteiger partial charge in [-0.05, 0) is 36.8 Å². The summed E-state index contributed by atoms with van der Waals surface area (Å²) < 4.78 is 11.2. The Labute approximate surface area is 162 Å². The number of thiocarbonyl (C=S) groups is 1. The van der Waals surface area contributed by atoms with E-state index < -0.39 is 0 Å². The molecule has 4 nitrogen and oxygen atoms in total. The first kappa shape index (κ1) is 18.5. The molecule has 0 N–H and O–H groups in total. The van der Waals surface area contributed by atoms with E-state index in [4.69, 9.17) is 21.7 Å². The summed E-state index contributed by atoms with van der Waals surface area (Å²) in [4.78, 5) is 15.2. The number of carbonyl (C=O) groups is 1. The fraction of sp³-hybridized carbons (Fsp3) is 0.200. The highest BCUT2D eigenvalue weighted by atomic mass is 32.2. The molecule has 6 heteroatoms. The summed E-state index contributed by atoms with van der Waals surface area (Å²) in [7, 11) is 3.20. The van der Waals surface area contributed by atoms with Crippen molar-refractivity contribution in [2.45, 2.75) is 13.0 Å². The van der Waals surface area contributed by atoms with Crippen LogP contribution in [0.25, 0.3) is 6.08 Å². The molecule has 0 unspecified atom stereocenters. The van der Waals surface area contributed by atoms with Crippen molar-refractivity contribution >= 4 is 40.3 Å². The average Bonchev–Trinajstić information content (AvgIpc) is 2.95. The van der Waals surface area contributed by atoms with Crippen LogP contribution in [0.2, 0.25) is 0 Å². The molecule has 0 aromatic heterocycles. The molecule has 0 radical (unpaired) electrons. The molecule has 0 aliphatic carbocycles. The van der Waals surface area contributed by atoms with Gasteiger partial charge in [-0.15, -0.1) is 0 Å². The lowest BCUT2D eigenvalue weighted by Crippen LogP contribution is -2.30. The van der Waals surface area contributed by atoms with Gasteiger partial charge in [0, 0.05) is 5.56 Å². The number of ether oxygens (including phenoxy) is 2. The van der Waals surface area contributed by atoms with Gasteiger partial charge in [0.2, 0.25) is 0 Å². The Hall–Kier alpha value is -2.31. The van der Waals surface area contributed by atoms with Gasteiger partial charge < -0.3 is 9.47 Å². The minimum Gasteiger partial charge on any atom is -0.497 e. The Morgan fingerprint density at radius 1 is 1.12 bits per heavy atom. The largest absolute Gasteiger partial charge is 0.497 e. The Bertz CT molecular complexity index is 865. The first-order valence-corrected chi connectivity index (χ1v) is 9.31. The lowest BCUT2D eigenvalue weighted by molar-refractivity contribution is -0.123. The molecular formula is C20H19NO3S2. The molecule has 1 amide bonds. The van der Waals surface area contributed by atoms with Crippen LogP contribution < -0.4 is 9.47 Å². The maximum Gasteiger partial charge on any atom is 0.266 e. The van der Waals surface area contributed by atoms with Crippen molar-refractivity contribution in [1.29, 1.82) is 0 Å². The summed E-state index contributed by atoms with van der Waals surface area (Å²) in [5, 5.41) is 0. The molecule has 134 valence electrons. The van der Waals surface area contributed by atoms with Gasteiger partial charge in [0.15, 0.2) is 0 Å². The summed E-state index contributed by atoms with van der Waals surface area (Å²) in [5.41, 5.74) is 1.82. The molecule has 1 heterocycles. The fourth-order valence-electron chi connectivity index (χ4n) is 2.79. The molecule has 26 heavy (non-hydrogen) atoms. The Balaban J connectivity index is 1.93. The summed E-state index contributed by atoms with van der Waals surface area (Å²) in [6, 6.07) is 15.2. The molecule has 1 aliphatic heterocycles. The third-order valence-electron chi connectivity index (χ3n) is 4.22. The van der Waals surface area contributed by atoms with E-state index in [0.29, 0.717) is 20.7 Å². The number of carbonyl (C=O) groups excluding carboxylic acids is 1. The second kappa shape index (κ2) is 7.93. The number of amides is 1. The maximum atomic E-state index is 13.0. The zero-order chi connectivity index (χ0) is 18.7. The van der Waals surface area contributed by atoms with E-state index in [1.807, 2.05) is 55.5 Å². The van der Waals surface area contributed by atoms with Crippen LogP contribution in [0.3, 0.4) is 0 Å². The normalized spacial score (nSPS) is 16.9. The number of hydrogen-bond donors (Lipinski definition) is 0. The van der Waals surface area contributed by atoms with E-state index >= 15 is 0 Å². The van der Waals surface area contributed by atoms with Crippen molar-refractivity contribution in [1.82, 2.24) is 4.90 Å². The number of thioether (sulfide) groups is 1. The van der Waals surface area contributed by atoms with Crippen LogP contribution in [0.15, 0.2) is 53.4 Å². The van der Waals surface area contributed by atoms with Gasteiger partial charge in [0.25, 0.3) is 5.91 Å². The molecule has 0 spiro atoms. The van der Waals surface area contributed by atoms with Gasteiger partial charge in [-0.2, -0.15) is 0 Å². The molecule has 1 atom stereocenters. The zero-order valence-electron chi connectivity index (χ0n) is 14.8. The van der Waals surface area contributed by atoms with Gasteiger partial charge in [0.05, 0.1) is 25.2 Å². The van der Waals surface area contributed by atoms with Gasteiger partial charge in [0.1, 0.15) is 15.8 Å². The molecule has 1 aliphatic rings. The molecule has 1 fully saturated rings. The van der Waals surface area contributed by atoms with Crippen LogP contribution >= 0.6 is 24.0 Å². The SMILES string of the molecule is COc1ccc(OC)c(/C=C2\SC(=S)N([C@H](C)c3ccccc3)C2=O)c1. The highest BCUT2D eigenvalue weighted by molar-refractivity contribution is 8.26. The van der Waals surface area contributed by atoms with Crippen molar-refractivity contribution in [2.75, 3.05) is 14.2 Å². The topological polar surface area (TPSA) is 38.8 Å². The predicted octanol–water partition coefficient (Wildman–Crippen LogP) is 4.67. The van der Waals surface area contributed by atoms with Crippen LogP contribution in [0, 0.1) is 0 Å². The fourth-order valence-corrected chi connectivity index (χ4v) is 4.20. The van der Waals surface area contributed by atoms with E-state index in [-0.39, 0.29) is 11.9 Å².